The Morgan fingerprint density at radius 3 is 2.27 bits per heavy atom. The molecule has 0 aliphatic carbocycles. The first-order valence-corrected chi connectivity index (χ1v) is 12.9. The van der Waals surface area contributed by atoms with Crippen molar-refractivity contribution in [2.24, 2.45) is 0 Å². The number of benzene rings is 3. The van der Waals surface area contributed by atoms with Crippen LogP contribution in [0.25, 0.3) is 0 Å². The van der Waals surface area contributed by atoms with Crippen LogP contribution in [0.1, 0.15) is 42.9 Å². The van der Waals surface area contributed by atoms with E-state index in [-0.39, 0.29) is 18.2 Å². The van der Waals surface area contributed by atoms with Crippen LogP contribution in [0.3, 0.4) is 0 Å². The van der Waals surface area contributed by atoms with Gasteiger partial charge in [-0.1, -0.05) is 61.5 Å². The summed E-state index contributed by atoms with van der Waals surface area (Å²) in [6.45, 7) is 5.41. The number of methoxy groups -OCH3 is 1. The van der Waals surface area contributed by atoms with Crippen molar-refractivity contribution in [3.8, 4) is 11.5 Å². The third-order valence-electron chi connectivity index (χ3n) is 6.29. The third-order valence-corrected chi connectivity index (χ3v) is 6.29. The van der Waals surface area contributed by atoms with Crippen molar-refractivity contribution in [3.63, 3.8) is 0 Å². The molecule has 6 heteroatoms. The van der Waals surface area contributed by atoms with E-state index in [2.05, 4.69) is 5.32 Å². The Morgan fingerprint density at radius 2 is 1.59 bits per heavy atom. The van der Waals surface area contributed by atoms with Gasteiger partial charge in [0.15, 0.2) is 0 Å². The Labute approximate surface area is 220 Å². The van der Waals surface area contributed by atoms with E-state index in [1.807, 2.05) is 92.7 Å². The molecule has 0 aromatic heterocycles. The van der Waals surface area contributed by atoms with Gasteiger partial charge in [-0.2, -0.15) is 0 Å². The summed E-state index contributed by atoms with van der Waals surface area (Å²) < 4.78 is 11.0. The van der Waals surface area contributed by atoms with Crippen molar-refractivity contribution < 1.29 is 19.1 Å². The Kier molecular flexibility index (Phi) is 11.0. The molecule has 0 aliphatic heterocycles. The van der Waals surface area contributed by atoms with E-state index in [0.717, 1.165) is 34.6 Å². The van der Waals surface area contributed by atoms with Crippen LogP contribution < -0.4 is 14.8 Å². The molecule has 0 bridgehead atoms. The lowest BCUT2D eigenvalue weighted by molar-refractivity contribution is -0.141. The maximum Gasteiger partial charge on any atom is 0.243 e. The summed E-state index contributed by atoms with van der Waals surface area (Å²) in [5.41, 5.74) is 3.15. The number of nitrogens with zero attached hydrogens (tertiary/aromatic N) is 1. The van der Waals surface area contributed by atoms with Crippen LogP contribution >= 0.6 is 0 Å². The molecule has 3 aromatic rings. The van der Waals surface area contributed by atoms with Crippen LogP contribution in [-0.4, -0.2) is 43.0 Å². The lowest BCUT2D eigenvalue weighted by Gasteiger charge is -2.32. The average molecular weight is 503 g/mol. The van der Waals surface area contributed by atoms with Crippen LogP contribution in [0.5, 0.6) is 11.5 Å². The molecule has 3 aromatic carbocycles. The highest BCUT2D eigenvalue weighted by atomic mass is 16.5. The Bertz CT molecular complexity index is 1120. The molecule has 0 heterocycles. The fourth-order valence-electron chi connectivity index (χ4n) is 4.12. The van der Waals surface area contributed by atoms with Crippen LogP contribution in [0, 0.1) is 6.92 Å². The van der Waals surface area contributed by atoms with Gasteiger partial charge in [-0.05, 0) is 60.7 Å². The number of amides is 2. The zero-order valence-corrected chi connectivity index (χ0v) is 22.1. The average Bonchev–Trinajstić information content (AvgIpc) is 2.93. The SMILES string of the molecule is CCCNC(=O)[C@H](Cc1ccccc1)N(Cc1ccccc1C)C(=O)CCCOc1ccc(OC)cc1. The van der Waals surface area contributed by atoms with E-state index in [4.69, 9.17) is 9.47 Å². The van der Waals surface area contributed by atoms with Gasteiger partial charge in [0.2, 0.25) is 11.8 Å². The minimum Gasteiger partial charge on any atom is -0.497 e. The molecule has 6 nitrogen and oxygen atoms in total. The van der Waals surface area contributed by atoms with E-state index in [1.54, 1.807) is 12.0 Å². The zero-order valence-electron chi connectivity index (χ0n) is 22.1. The van der Waals surface area contributed by atoms with Crippen molar-refractivity contribution in [1.29, 1.82) is 0 Å². The number of nitrogens with one attached hydrogen (secondary N) is 1. The highest BCUT2D eigenvalue weighted by Crippen LogP contribution is 2.20. The molecule has 0 saturated carbocycles. The van der Waals surface area contributed by atoms with Gasteiger partial charge in [0.05, 0.1) is 13.7 Å². The summed E-state index contributed by atoms with van der Waals surface area (Å²) in [5, 5.41) is 3.02. The monoisotopic (exact) mass is 502 g/mol. The first-order chi connectivity index (χ1) is 18.0. The van der Waals surface area contributed by atoms with Gasteiger partial charge in [-0.15, -0.1) is 0 Å². The fraction of sp³-hybridized carbons (Fsp3) is 0.355. The molecule has 2 amide bonds. The molecule has 0 fully saturated rings. The number of hydrogen-bond donors (Lipinski definition) is 1. The van der Waals surface area contributed by atoms with Gasteiger partial charge < -0.3 is 19.7 Å². The van der Waals surface area contributed by atoms with E-state index in [0.29, 0.717) is 32.5 Å². The minimum atomic E-state index is -0.608. The summed E-state index contributed by atoms with van der Waals surface area (Å²) >= 11 is 0. The fourth-order valence-corrected chi connectivity index (χ4v) is 4.12. The van der Waals surface area contributed by atoms with Crippen molar-refractivity contribution in [2.45, 2.75) is 52.1 Å². The zero-order chi connectivity index (χ0) is 26.5. The van der Waals surface area contributed by atoms with E-state index < -0.39 is 6.04 Å². The molecular weight excluding hydrogens is 464 g/mol. The van der Waals surface area contributed by atoms with Crippen molar-refractivity contribution in [1.82, 2.24) is 10.2 Å². The predicted octanol–water partition coefficient (Wildman–Crippen LogP) is 5.33. The van der Waals surface area contributed by atoms with Gasteiger partial charge in [-0.25, -0.2) is 0 Å². The molecule has 0 radical (unpaired) electrons. The molecular formula is C31H38N2O4. The second-order valence-electron chi connectivity index (χ2n) is 9.07. The third kappa shape index (κ3) is 8.67. The van der Waals surface area contributed by atoms with Crippen molar-refractivity contribution in [3.05, 3.63) is 95.6 Å². The number of aryl methyl sites for hydroxylation is 1. The van der Waals surface area contributed by atoms with Crippen LogP contribution in [0.2, 0.25) is 0 Å². The standard InChI is InChI=1S/C31H38N2O4/c1-4-20-32-31(35)29(22-25-12-6-5-7-13-25)33(23-26-14-9-8-11-24(26)2)30(34)15-10-21-37-28-18-16-27(36-3)17-19-28/h5-9,11-14,16-19,29H,4,10,15,20-23H2,1-3H3,(H,32,35)/t29-/m0/s1. The number of carbonyl (C=O) groups excluding carboxylic acids is 2. The first kappa shape index (κ1) is 27.8. The molecule has 1 atom stereocenters. The van der Waals surface area contributed by atoms with Gasteiger partial charge in [-0.3, -0.25) is 9.59 Å². The van der Waals surface area contributed by atoms with Crippen LogP contribution in [0.4, 0.5) is 0 Å². The van der Waals surface area contributed by atoms with Crippen molar-refractivity contribution >= 4 is 11.8 Å². The maximum absolute atomic E-state index is 13.6. The highest BCUT2D eigenvalue weighted by molar-refractivity contribution is 5.88. The molecule has 0 spiro atoms. The molecule has 1 N–H and O–H groups in total. The minimum absolute atomic E-state index is 0.0610. The predicted molar refractivity (Wildman–Crippen MR) is 147 cm³/mol. The van der Waals surface area contributed by atoms with Crippen LogP contribution in [0.15, 0.2) is 78.9 Å². The molecule has 3 rings (SSSR count). The molecule has 0 aliphatic rings. The second kappa shape index (κ2) is 14.7. The largest absolute Gasteiger partial charge is 0.497 e. The summed E-state index contributed by atoms with van der Waals surface area (Å²) in [7, 11) is 1.62. The highest BCUT2D eigenvalue weighted by Gasteiger charge is 2.30. The van der Waals surface area contributed by atoms with Gasteiger partial charge >= 0.3 is 0 Å². The lowest BCUT2D eigenvalue weighted by Crippen LogP contribution is -2.50. The Morgan fingerprint density at radius 1 is 0.919 bits per heavy atom. The molecule has 0 unspecified atom stereocenters. The summed E-state index contributed by atoms with van der Waals surface area (Å²) in [5.74, 6) is 1.31. The topological polar surface area (TPSA) is 67.9 Å². The van der Waals surface area contributed by atoms with Gasteiger partial charge in [0.1, 0.15) is 17.5 Å². The van der Waals surface area contributed by atoms with Gasteiger partial charge in [0.25, 0.3) is 0 Å². The van der Waals surface area contributed by atoms with E-state index in [1.165, 1.54) is 0 Å². The Hall–Kier alpha value is -3.80. The van der Waals surface area contributed by atoms with Crippen molar-refractivity contribution in [2.75, 3.05) is 20.3 Å². The Balaban J connectivity index is 1.76. The number of hydrogen-bond acceptors (Lipinski definition) is 4. The summed E-state index contributed by atoms with van der Waals surface area (Å²) in [6, 6.07) is 24.6. The lowest BCUT2D eigenvalue weighted by atomic mass is 10.0. The van der Waals surface area contributed by atoms with Gasteiger partial charge in [0, 0.05) is 25.9 Å². The van der Waals surface area contributed by atoms with E-state index in [9.17, 15) is 9.59 Å². The maximum atomic E-state index is 13.6. The normalized spacial score (nSPS) is 11.4. The number of rotatable bonds is 14. The second-order valence-corrected chi connectivity index (χ2v) is 9.07. The molecule has 0 saturated heterocycles. The summed E-state index contributed by atoms with van der Waals surface area (Å²) in [4.78, 5) is 28.7. The van der Waals surface area contributed by atoms with Crippen LogP contribution in [-0.2, 0) is 22.6 Å². The quantitative estimate of drug-likeness (QED) is 0.303. The summed E-state index contributed by atoms with van der Waals surface area (Å²) in [6.07, 6.45) is 2.12. The number of ether oxygens (including phenoxy) is 2. The first-order valence-electron chi connectivity index (χ1n) is 12.9. The number of carbonyl (C=O) groups is 2. The molecule has 37 heavy (non-hydrogen) atoms. The smallest absolute Gasteiger partial charge is 0.243 e. The van der Waals surface area contributed by atoms with E-state index >= 15 is 0 Å². The molecule has 196 valence electrons.